The molecule has 0 saturated carbocycles. The number of hydrogen-bond donors (Lipinski definition) is 4. The highest BCUT2D eigenvalue weighted by Gasteiger charge is 2.42. The molecule has 0 aromatic heterocycles. The average molecular weight is 1550 g/mol. The third-order valence-corrected chi connectivity index (χ3v) is 18.8. The maximum absolute atomic E-state index is 14.4. The summed E-state index contributed by atoms with van der Waals surface area (Å²) in [7, 11) is 4.65. The summed E-state index contributed by atoms with van der Waals surface area (Å²) >= 11 is 0. The number of imide groups is 1. The summed E-state index contributed by atoms with van der Waals surface area (Å²) in [5.74, 6) is -1.40. The van der Waals surface area contributed by atoms with Gasteiger partial charge in [-0.3, -0.25) is 58.1 Å². The normalized spacial score (nSPS) is 16.6. The van der Waals surface area contributed by atoms with E-state index in [1.807, 2.05) is 36.2 Å². The van der Waals surface area contributed by atoms with Crippen LogP contribution in [0.2, 0.25) is 0 Å². The zero-order chi connectivity index (χ0) is 79.1. The Bertz CT molecular complexity index is 3910. The monoisotopic (exact) mass is 1540 g/mol. The molecule has 602 valence electrons. The molecule has 1 fully saturated rings. The Kier molecular flexibility index (Phi) is 33.4. The standard InChI is InChI=1S/C79H104N10O22/c1-53(2)73(85-70(91)20-28-102-30-32-104-34-36-106-38-40-108-42-41-107-39-37-105-35-33-103-31-29-101-25-9-22-80-69(90)19-24-87-71(92)17-18-72(87)93)75(95)83-54(3)74(94)84-58-14-11-55(12-15-58)51-111-78(98)86(5)59-16-13-56-43-60-49-81-63-47-67(65(99-6)45-61(63)76(96)88(60)50-57(56)44-59)109-26-10-27-110-68-48-64-62(46-66(68)100-7)77(97)89-23-8-21-79(89,4)52-82-64/h11-18,44-49,52-54,60,73H,8-10,19-43,50-51H2,1-7H3,(H,80,90)(H,83,95)(H,84,94)(H,85,91)/t54-,60?,73-,79?/m0/s1. The van der Waals surface area contributed by atoms with Gasteiger partial charge in [0.1, 0.15) is 18.7 Å². The Morgan fingerprint density at radius 3 is 1.73 bits per heavy atom. The molecule has 32 heteroatoms. The highest BCUT2D eigenvalue weighted by atomic mass is 16.6. The number of methoxy groups -OCH3 is 2. The number of carbonyl (C=O) groups is 9. The number of rotatable bonds is 48. The number of nitrogens with zero attached hydrogens (tertiary/aromatic N) is 6. The van der Waals surface area contributed by atoms with E-state index in [2.05, 4.69) is 21.3 Å². The Labute approximate surface area is 646 Å². The van der Waals surface area contributed by atoms with Crippen LogP contribution in [-0.4, -0.2) is 264 Å². The van der Waals surface area contributed by atoms with Crippen LogP contribution in [0.5, 0.6) is 23.0 Å². The molecule has 0 spiro atoms. The van der Waals surface area contributed by atoms with Crippen LogP contribution in [0.3, 0.4) is 0 Å². The van der Waals surface area contributed by atoms with Crippen molar-refractivity contribution in [1.29, 1.82) is 0 Å². The maximum atomic E-state index is 14.4. The van der Waals surface area contributed by atoms with Crippen LogP contribution in [0.4, 0.5) is 27.5 Å². The molecule has 4 N–H and O–H groups in total. The van der Waals surface area contributed by atoms with E-state index in [9.17, 15) is 43.2 Å². The van der Waals surface area contributed by atoms with Gasteiger partial charge in [-0.25, -0.2) is 4.79 Å². The van der Waals surface area contributed by atoms with Crippen molar-refractivity contribution >= 4 is 88.5 Å². The minimum absolute atomic E-state index is 0.00403. The molecule has 32 nitrogen and oxygen atoms in total. The van der Waals surface area contributed by atoms with Gasteiger partial charge in [0, 0.05) is 107 Å². The highest BCUT2D eigenvalue weighted by Crippen LogP contribution is 2.42. The minimum atomic E-state index is -0.962. The van der Waals surface area contributed by atoms with Crippen LogP contribution in [0.25, 0.3) is 0 Å². The number of benzene rings is 4. The van der Waals surface area contributed by atoms with Crippen LogP contribution in [0, 0.1) is 5.92 Å². The van der Waals surface area contributed by atoms with Gasteiger partial charge in [-0.2, -0.15) is 0 Å². The van der Waals surface area contributed by atoms with Gasteiger partial charge in [-0.1, -0.05) is 32.0 Å². The molecule has 4 aromatic rings. The molecule has 5 aliphatic rings. The summed E-state index contributed by atoms with van der Waals surface area (Å²) in [6.45, 7) is 14.9. The van der Waals surface area contributed by atoms with E-state index in [1.54, 1.807) is 80.5 Å². The van der Waals surface area contributed by atoms with E-state index in [0.29, 0.717) is 187 Å². The van der Waals surface area contributed by atoms with E-state index in [4.69, 9.17) is 71.6 Å². The van der Waals surface area contributed by atoms with Crippen molar-refractivity contribution in [2.75, 3.05) is 170 Å². The molecule has 111 heavy (non-hydrogen) atoms. The van der Waals surface area contributed by atoms with Gasteiger partial charge in [0.2, 0.25) is 23.6 Å². The van der Waals surface area contributed by atoms with Crippen LogP contribution >= 0.6 is 0 Å². The van der Waals surface area contributed by atoms with Crippen molar-refractivity contribution in [1.82, 2.24) is 30.7 Å². The lowest BCUT2D eigenvalue weighted by Crippen LogP contribution is -2.53. The molecule has 5 heterocycles. The summed E-state index contributed by atoms with van der Waals surface area (Å²) in [6.07, 6.45) is 8.81. The lowest BCUT2D eigenvalue weighted by atomic mass is 9.93. The first-order valence-electron chi connectivity index (χ1n) is 37.6. The van der Waals surface area contributed by atoms with Gasteiger partial charge in [0.05, 0.1) is 161 Å². The van der Waals surface area contributed by atoms with Gasteiger partial charge < -0.3 is 92.6 Å². The molecule has 9 amide bonds. The maximum Gasteiger partial charge on any atom is 0.414 e. The predicted octanol–water partition coefficient (Wildman–Crippen LogP) is 6.25. The second kappa shape index (κ2) is 43.6. The fourth-order valence-corrected chi connectivity index (χ4v) is 12.5. The summed E-state index contributed by atoms with van der Waals surface area (Å²) < 4.78 is 73.6. The van der Waals surface area contributed by atoms with Crippen molar-refractivity contribution in [3.8, 4) is 23.0 Å². The quantitative estimate of drug-likeness (QED) is 0.0280. The molecule has 4 atom stereocenters. The topological polar surface area (TPSA) is 359 Å². The lowest BCUT2D eigenvalue weighted by Gasteiger charge is -2.34. The number of ether oxygens (including phenoxy) is 13. The summed E-state index contributed by atoms with van der Waals surface area (Å²) in [6, 6.07) is 16.9. The summed E-state index contributed by atoms with van der Waals surface area (Å²) in [5, 5.41) is 11.0. The second-order valence-corrected chi connectivity index (χ2v) is 27.3. The highest BCUT2D eigenvalue weighted by molar-refractivity contribution is 6.13. The van der Waals surface area contributed by atoms with E-state index in [-0.39, 0.29) is 88.6 Å². The van der Waals surface area contributed by atoms with Crippen LogP contribution in [0.1, 0.15) is 104 Å². The third-order valence-electron chi connectivity index (χ3n) is 18.8. The second-order valence-electron chi connectivity index (χ2n) is 27.3. The van der Waals surface area contributed by atoms with E-state index in [0.717, 1.165) is 28.9 Å². The smallest absolute Gasteiger partial charge is 0.414 e. The van der Waals surface area contributed by atoms with E-state index in [1.165, 1.54) is 38.2 Å². The summed E-state index contributed by atoms with van der Waals surface area (Å²) in [5.41, 5.74) is 4.88. The van der Waals surface area contributed by atoms with Gasteiger partial charge in [-0.05, 0) is 98.5 Å². The number of anilines is 2. The molecule has 0 radical (unpaired) electrons. The zero-order valence-corrected chi connectivity index (χ0v) is 64.3. The lowest BCUT2D eigenvalue weighted by molar-refractivity contribution is -0.137. The number of fused-ring (bicyclic) bond motifs is 5. The number of aliphatic imine (C=N–C) groups is 2. The Morgan fingerprint density at radius 1 is 0.595 bits per heavy atom. The molecule has 2 unspecified atom stereocenters. The zero-order valence-electron chi connectivity index (χ0n) is 64.3. The number of hydrogen-bond acceptors (Lipinski definition) is 24. The molecule has 0 bridgehead atoms. The van der Waals surface area contributed by atoms with Crippen molar-refractivity contribution in [2.24, 2.45) is 15.9 Å². The van der Waals surface area contributed by atoms with Gasteiger partial charge in [-0.15, -0.1) is 0 Å². The molecular formula is C79H104N10O22. The first-order chi connectivity index (χ1) is 53.7. The van der Waals surface area contributed by atoms with Crippen LogP contribution in [-0.2, 0) is 91.0 Å². The average Bonchev–Trinajstić information content (AvgIpc) is 1.71. The minimum Gasteiger partial charge on any atom is -0.493 e. The Morgan fingerprint density at radius 2 is 1.15 bits per heavy atom. The van der Waals surface area contributed by atoms with Gasteiger partial charge in [0.15, 0.2) is 23.0 Å². The van der Waals surface area contributed by atoms with E-state index >= 15 is 0 Å². The van der Waals surface area contributed by atoms with Gasteiger partial charge >= 0.3 is 6.09 Å². The van der Waals surface area contributed by atoms with Crippen molar-refractivity contribution < 1.29 is 105 Å². The van der Waals surface area contributed by atoms with Gasteiger partial charge in [0.25, 0.3) is 23.6 Å². The Hall–Kier alpha value is -9.93. The molecule has 0 aliphatic carbocycles. The van der Waals surface area contributed by atoms with Crippen molar-refractivity contribution in [2.45, 2.75) is 109 Å². The first-order valence-corrected chi connectivity index (χ1v) is 37.6. The molecule has 5 aliphatic heterocycles. The Balaban J connectivity index is 0.572. The third kappa shape index (κ3) is 25.3. The van der Waals surface area contributed by atoms with Crippen LogP contribution in [0.15, 0.2) is 88.9 Å². The predicted molar refractivity (Wildman–Crippen MR) is 408 cm³/mol. The fourth-order valence-electron chi connectivity index (χ4n) is 12.5. The number of amides is 9. The van der Waals surface area contributed by atoms with Crippen molar-refractivity contribution in [3.05, 3.63) is 107 Å². The largest absolute Gasteiger partial charge is 0.493 e. The molecule has 4 aromatic carbocycles. The summed E-state index contributed by atoms with van der Waals surface area (Å²) in [4.78, 5) is 131. The van der Waals surface area contributed by atoms with Crippen LogP contribution < -0.4 is 45.1 Å². The van der Waals surface area contributed by atoms with Crippen molar-refractivity contribution in [3.63, 3.8) is 0 Å². The number of carbonyl (C=O) groups excluding carboxylic acids is 9. The number of nitrogens with one attached hydrogen (secondary N) is 4. The SMILES string of the molecule is COc1cc2c(cc1OCCCOc1cc3c(cc1OC)C(=O)N1CCCC1(C)C=N3)N=CC1Cc3ccc(N(C)C(=O)OCc4ccc(NC(=O)[C@H](C)NC(=O)[C@@H](NC(=O)CCOCCOCCOCCOCCOCCOCCOCCOCCCNC(=O)CCN5C(=O)C=CC5=O)C(C)C)cc4)cc3CN1C2=O. The molecule has 1 saturated heterocycles. The molecule has 9 rings (SSSR count). The molecular weight excluding hydrogens is 1440 g/mol. The first kappa shape index (κ1) is 85.1. The van der Waals surface area contributed by atoms with E-state index < -0.39 is 53.3 Å². The fraction of sp³-hybridized carbons (Fsp3) is 0.532.